The van der Waals surface area contributed by atoms with E-state index in [1.165, 1.54) is 32.4 Å². The summed E-state index contributed by atoms with van der Waals surface area (Å²) in [5.41, 5.74) is 1.11. The summed E-state index contributed by atoms with van der Waals surface area (Å²) >= 11 is 5.89. The van der Waals surface area contributed by atoms with E-state index >= 15 is 0 Å². The number of rotatable bonds is 7. The molecule has 0 saturated heterocycles. The number of aryl methyl sites for hydroxylation is 1. The second kappa shape index (κ2) is 10.2. The van der Waals surface area contributed by atoms with Gasteiger partial charge in [0.15, 0.2) is 18.1 Å². The van der Waals surface area contributed by atoms with E-state index < -0.39 is 11.9 Å². The molecule has 0 bridgehead atoms. The summed E-state index contributed by atoms with van der Waals surface area (Å²) in [6, 6.07) is 11.4. The molecule has 0 aliphatic rings. The van der Waals surface area contributed by atoms with Gasteiger partial charge in [-0.1, -0.05) is 17.7 Å². The van der Waals surface area contributed by atoms with Crippen LogP contribution in [0.4, 0.5) is 0 Å². The van der Waals surface area contributed by atoms with Gasteiger partial charge in [0.25, 0.3) is 0 Å². The molecule has 0 aliphatic carbocycles. The molecule has 0 N–H and O–H groups in total. The molecule has 0 aromatic heterocycles. The van der Waals surface area contributed by atoms with Gasteiger partial charge in [0, 0.05) is 5.02 Å². The summed E-state index contributed by atoms with van der Waals surface area (Å²) in [6.45, 7) is 1.50. The van der Waals surface area contributed by atoms with E-state index in [1.54, 1.807) is 30.3 Å². The van der Waals surface area contributed by atoms with Crippen molar-refractivity contribution in [2.24, 2.45) is 0 Å². The highest BCUT2D eigenvalue weighted by Gasteiger charge is 2.14. The SMILES string of the molecule is COC(=O)/C(C#N)=C/c1ccc(OC(=O)COc2ccc(Cl)cc2C)c(OC)c1. The van der Waals surface area contributed by atoms with Gasteiger partial charge in [-0.05, 0) is 54.5 Å². The Morgan fingerprint density at radius 1 is 1.10 bits per heavy atom. The van der Waals surface area contributed by atoms with Gasteiger partial charge in [-0.15, -0.1) is 0 Å². The Labute approximate surface area is 173 Å². The Hall–Kier alpha value is -3.50. The molecule has 0 heterocycles. The number of methoxy groups -OCH3 is 2. The average molecular weight is 416 g/mol. The van der Waals surface area contributed by atoms with Crippen LogP contribution in [-0.2, 0) is 14.3 Å². The molecule has 0 unspecified atom stereocenters. The van der Waals surface area contributed by atoms with E-state index in [0.29, 0.717) is 16.3 Å². The van der Waals surface area contributed by atoms with Gasteiger partial charge in [0.05, 0.1) is 14.2 Å². The van der Waals surface area contributed by atoms with Gasteiger partial charge in [-0.2, -0.15) is 5.26 Å². The fourth-order valence-electron chi connectivity index (χ4n) is 2.34. The molecule has 150 valence electrons. The van der Waals surface area contributed by atoms with E-state index in [4.69, 9.17) is 31.1 Å². The van der Waals surface area contributed by atoms with E-state index in [-0.39, 0.29) is 23.7 Å². The first-order valence-corrected chi connectivity index (χ1v) is 8.73. The van der Waals surface area contributed by atoms with E-state index in [1.807, 2.05) is 6.92 Å². The molecule has 0 amide bonds. The monoisotopic (exact) mass is 415 g/mol. The first-order chi connectivity index (χ1) is 13.9. The Kier molecular flexibility index (Phi) is 7.63. The number of halogens is 1. The fraction of sp³-hybridized carbons (Fsp3) is 0.190. The van der Waals surface area contributed by atoms with Gasteiger partial charge in [0.1, 0.15) is 17.4 Å². The summed E-state index contributed by atoms with van der Waals surface area (Å²) in [5.74, 6) is -0.449. The van der Waals surface area contributed by atoms with Gasteiger partial charge in [-0.25, -0.2) is 9.59 Å². The van der Waals surface area contributed by atoms with Crippen LogP contribution in [0.2, 0.25) is 5.02 Å². The van der Waals surface area contributed by atoms with Gasteiger partial charge < -0.3 is 18.9 Å². The number of nitriles is 1. The van der Waals surface area contributed by atoms with Crippen molar-refractivity contribution in [2.45, 2.75) is 6.92 Å². The first-order valence-electron chi connectivity index (χ1n) is 8.35. The van der Waals surface area contributed by atoms with Crippen molar-refractivity contribution >= 4 is 29.6 Å². The maximum Gasteiger partial charge on any atom is 0.349 e. The summed E-state index contributed by atoms with van der Waals surface area (Å²) < 4.78 is 20.5. The highest BCUT2D eigenvalue weighted by molar-refractivity contribution is 6.30. The number of esters is 2. The van der Waals surface area contributed by atoms with Crippen LogP contribution in [0.3, 0.4) is 0 Å². The molecule has 0 fully saturated rings. The Morgan fingerprint density at radius 3 is 2.45 bits per heavy atom. The first kappa shape index (κ1) is 21.8. The predicted molar refractivity (Wildman–Crippen MR) is 106 cm³/mol. The van der Waals surface area contributed by atoms with E-state index in [2.05, 4.69) is 4.74 Å². The zero-order valence-electron chi connectivity index (χ0n) is 16.0. The molecule has 0 spiro atoms. The Morgan fingerprint density at radius 2 is 1.83 bits per heavy atom. The maximum atomic E-state index is 12.1. The van der Waals surface area contributed by atoms with Gasteiger partial charge in [0.2, 0.25) is 0 Å². The van der Waals surface area contributed by atoms with Gasteiger partial charge in [-0.3, -0.25) is 0 Å². The molecule has 2 rings (SSSR count). The molecule has 0 aliphatic heterocycles. The fourth-order valence-corrected chi connectivity index (χ4v) is 2.56. The van der Waals surface area contributed by atoms with Crippen LogP contribution in [-0.4, -0.2) is 32.8 Å². The Bertz CT molecular complexity index is 993. The Balaban J connectivity index is 2.10. The molecular weight excluding hydrogens is 398 g/mol. The third kappa shape index (κ3) is 5.99. The van der Waals surface area contributed by atoms with Crippen LogP contribution in [0, 0.1) is 18.3 Å². The van der Waals surface area contributed by atoms with Crippen molar-refractivity contribution in [3.8, 4) is 23.3 Å². The summed E-state index contributed by atoms with van der Waals surface area (Å²) in [5, 5.41) is 9.61. The van der Waals surface area contributed by atoms with Crippen molar-refractivity contribution in [2.75, 3.05) is 20.8 Å². The number of ether oxygens (including phenoxy) is 4. The smallest absolute Gasteiger partial charge is 0.349 e. The minimum absolute atomic E-state index is 0.169. The minimum atomic E-state index is -0.753. The highest BCUT2D eigenvalue weighted by atomic mass is 35.5. The minimum Gasteiger partial charge on any atom is -0.493 e. The normalized spacial score (nSPS) is 10.7. The lowest BCUT2D eigenvalue weighted by atomic mass is 10.1. The largest absolute Gasteiger partial charge is 0.493 e. The van der Waals surface area contributed by atoms with Crippen molar-refractivity contribution in [1.29, 1.82) is 5.26 Å². The summed E-state index contributed by atoms with van der Waals surface area (Å²) in [6.07, 6.45) is 1.34. The number of carbonyl (C=O) groups is 2. The lowest BCUT2D eigenvalue weighted by Gasteiger charge is -2.12. The lowest BCUT2D eigenvalue weighted by molar-refractivity contribution is -0.137. The van der Waals surface area contributed by atoms with Crippen LogP contribution in [0.1, 0.15) is 11.1 Å². The number of hydrogen-bond acceptors (Lipinski definition) is 7. The number of nitrogens with zero attached hydrogens (tertiary/aromatic N) is 1. The number of hydrogen-bond donors (Lipinski definition) is 0. The molecule has 7 nitrogen and oxygen atoms in total. The highest BCUT2D eigenvalue weighted by Crippen LogP contribution is 2.29. The van der Waals surface area contributed by atoms with Crippen molar-refractivity contribution in [3.63, 3.8) is 0 Å². The van der Waals surface area contributed by atoms with Gasteiger partial charge >= 0.3 is 11.9 Å². The van der Waals surface area contributed by atoms with Crippen LogP contribution in [0.25, 0.3) is 6.08 Å². The standard InChI is InChI=1S/C21H18ClNO6/c1-13-8-16(22)5-7-17(13)28-12-20(24)29-18-6-4-14(10-19(18)26-2)9-15(11-23)21(25)27-3/h4-10H,12H2,1-3H3/b15-9+. The molecule has 0 radical (unpaired) electrons. The zero-order chi connectivity index (χ0) is 21.4. The average Bonchev–Trinajstić information content (AvgIpc) is 2.71. The summed E-state index contributed by atoms with van der Waals surface area (Å²) in [7, 11) is 2.59. The van der Waals surface area contributed by atoms with Crippen molar-refractivity contribution in [1.82, 2.24) is 0 Å². The molecule has 2 aromatic rings. The van der Waals surface area contributed by atoms with Crippen molar-refractivity contribution < 1.29 is 28.5 Å². The maximum absolute atomic E-state index is 12.1. The molecule has 2 aromatic carbocycles. The van der Waals surface area contributed by atoms with E-state index in [9.17, 15) is 9.59 Å². The lowest BCUT2D eigenvalue weighted by Crippen LogP contribution is -2.18. The topological polar surface area (TPSA) is 94.9 Å². The third-order valence-corrected chi connectivity index (χ3v) is 3.97. The number of benzene rings is 2. The molecule has 29 heavy (non-hydrogen) atoms. The molecule has 0 saturated carbocycles. The second-order valence-corrected chi connectivity index (χ2v) is 6.18. The molecular formula is C21H18ClNO6. The summed E-state index contributed by atoms with van der Waals surface area (Å²) in [4.78, 5) is 23.6. The van der Waals surface area contributed by atoms with Crippen LogP contribution in [0.15, 0.2) is 42.0 Å². The zero-order valence-corrected chi connectivity index (χ0v) is 16.8. The second-order valence-electron chi connectivity index (χ2n) is 5.74. The number of carbonyl (C=O) groups excluding carboxylic acids is 2. The van der Waals surface area contributed by atoms with Crippen molar-refractivity contribution in [3.05, 3.63) is 58.1 Å². The van der Waals surface area contributed by atoms with E-state index in [0.717, 1.165) is 5.56 Å². The molecule has 8 heteroatoms. The molecule has 0 atom stereocenters. The quantitative estimate of drug-likeness (QED) is 0.294. The van der Waals surface area contributed by atoms with Crippen LogP contribution >= 0.6 is 11.6 Å². The predicted octanol–water partition coefficient (Wildman–Crippen LogP) is 3.72. The third-order valence-electron chi connectivity index (χ3n) is 3.73. The van der Waals surface area contributed by atoms with Crippen LogP contribution < -0.4 is 14.2 Å². The van der Waals surface area contributed by atoms with Crippen LogP contribution in [0.5, 0.6) is 17.2 Å².